The number of nitrogens with one attached hydrogen (secondary N) is 1. The molecule has 1 N–H and O–H groups in total. The molecule has 0 amide bonds. The van der Waals surface area contributed by atoms with Crippen molar-refractivity contribution in [2.45, 2.75) is 25.7 Å². The van der Waals surface area contributed by atoms with E-state index in [0.29, 0.717) is 0 Å². The molecule has 142 valence electrons. The number of rotatable bonds is 0. The molecule has 1 heterocycles. The lowest BCUT2D eigenvalue weighted by Gasteiger charge is -2.16. The molecule has 0 atom stereocenters. The zero-order chi connectivity index (χ0) is 19.5. The van der Waals surface area contributed by atoms with E-state index in [4.69, 9.17) is 0 Å². The van der Waals surface area contributed by atoms with E-state index in [2.05, 4.69) is 58.9 Å². The lowest BCUT2D eigenvalue weighted by Crippen LogP contribution is -2.19. The molecule has 0 aromatic heterocycles. The van der Waals surface area contributed by atoms with E-state index in [1.54, 1.807) is 17.3 Å². The van der Waals surface area contributed by atoms with Crippen LogP contribution in [0.4, 0.5) is 5.69 Å². The standard InChI is InChI=1S/C18H16.C9H8N2/c1-3-7-15-13(5-1)9-11-18-16-8-4-2-6-14(16)10-12-17(15)18;1-2-4-9-8(3-1)7-10-5-6-11-9/h1,3,5-7,9-10,12H,2,4,8,11H2;1-7,11H. The molecule has 0 saturated heterocycles. The molecule has 0 unspecified atom stereocenters. The van der Waals surface area contributed by atoms with Gasteiger partial charge in [0, 0.05) is 29.9 Å². The molecule has 2 heteroatoms. The van der Waals surface area contributed by atoms with Crippen molar-refractivity contribution in [1.82, 2.24) is 0 Å². The van der Waals surface area contributed by atoms with Crippen molar-refractivity contribution < 1.29 is 0 Å². The van der Waals surface area contributed by atoms with Crippen molar-refractivity contribution in [2.75, 3.05) is 5.32 Å². The highest BCUT2D eigenvalue weighted by molar-refractivity contribution is 5.88. The van der Waals surface area contributed by atoms with Crippen molar-refractivity contribution in [2.24, 2.45) is 4.99 Å². The third-order valence-corrected chi connectivity index (χ3v) is 5.81. The molecule has 1 aliphatic heterocycles. The van der Waals surface area contributed by atoms with E-state index in [0.717, 1.165) is 17.7 Å². The summed E-state index contributed by atoms with van der Waals surface area (Å²) in [6.07, 6.45) is 15.1. The molecule has 6 rings (SSSR count). The van der Waals surface area contributed by atoms with Gasteiger partial charge in [0.15, 0.2) is 0 Å². The zero-order valence-electron chi connectivity index (χ0n) is 16.4. The highest BCUT2D eigenvalue weighted by atomic mass is 14.9. The first-order valence-electron chi connectivity index (χ1n) is 10.3. The Hall–Kier alpha value is -3.39. The third-order valence-electron chi connectivity index (χ3n) is 5.81. The van der Waals surface area contributed by atoms with Gasteiger partial charge >= 0.3 is 0 Å². The Morgan fingerprint density at radius 1 is 0.759 bits per heavy atom. The van der Waals surface area contributed by atoms with Crippen LogP contribution in [0.25, 0.3) is 12.2 Å². The van der Waals surface area contributed by atoms with Crippen LogP contribution in [0.2, 0.25) is 0 Å². The van der Waals surface area contributed by atoms with Crippen LogP contribution in [0.15, 0.2) is 78.1 Å². The maximum atomic E-state index is 4.04. The molecule has 0 spiro atoms. The van der Waals surface area contributed by atoms with Gasteiger partial charge in [-0.25, -0.2) is 0 Å². The van der Waals surface area contributed by atoms with E-state index in [1.165, 1.54) is 40.1 Å². The van der Waals surface area contributed by atoms with Crippen LogP contribution in [-0.2, 0) is 12.8 Å². The van der Waals surface area contributed by atoms with Gasteiger partial charge < -0.3 is 5.32 Å². The molecule has 29 heavy (non-hydrogen) atoms. The predicted octanol–water partition coefficient (Wildman–Crippen LogP) is 4.43. The highest BCUT2D eigenvalue weighted by Crippen LogP contribution is 2.17. The number of aliphatic imine (C=N–C) groups is 1. The van der Waals surface area contributed by atoms with Gasteiger partial charge in [-0.15, -0.1) is 0 Å². The molecule has 2 aliphatic carbocycles. The second-order valence-electron chi connectivity index (χ2n) is 7.58. The largest absolute Gasteiger partial charge is 0.360 e. The SMILES string of the molecule is C1=CNc2ccccc2C=N1.C1=c2ccc3c(c2CCC1)CC=c1ccccc1=3. The summed E-state index contributed by atoms with van der Waals surface area (Å²) in [5.74, 6) is 0. The summed E-state index contributed by atoms with van der Waals surface area (Å²) in [5, 5.41) is 8.86. The fraction of sp³-hybridized carbons (Fsp3) is 0.148. The Morgan fingerprint density at radius 2 is 1.66 bits per heavy atom. The maximum Gasteiger partial charge on any atom is 0.0469 e. The van der Waals surface area contributed by atoms with Crippen LogP contribution in [0, 0.1) is 10.4 Å². The fourth-order valence-corrected chi connectivity index (χ4v) is 4.39. The van der Waals surface area contributed by atoms with Crippen molar-refractivity contribution in [3.63, 3.8) is 0 Å². The van der Waals surface area contributed by atoms with Crippen molar-refractivity contribution in [3.8, 4) is 0 Å². The Bertz CT molecular complexity index is 1330. The number of hydrogen-bond acceptors (Lipinski definition) is 2. The van der Waals surface area contributed by atoms with Gasteiger partial charge in [-0.05, 0) is 63.8 Å². The van der Waals surface area contributed by atoms with Crippen LogP contribution >= 0.6 is 0 Å². The number of para-hydroxylation sites is 1. The van der Waals surface area contributed by atoms with Gasteiger partial charge in [0.25, 0.3) is 0 Å². The maximum absolute atomic E-state index is 4.04. The Kier molecular flexibility index (Phi) is 4.83. The van der Waals surface area contributed by atoms with Gasteiger partial charge in [0.1, 0.15) is 0 Å². The zero-order valence-corrected chi connectivity index (χ0v) is 16.4. The predicted molar refractivity (Wildman–Crippen MR) is 122 cm³/mol. The van der Waals surface area contributed by atoms with E-state index in [-0.39, 0.29) is 0 Å². The average molecular weight is 377 g/mol. The lowest BCUT2D eigenvalue weighted by molar-refractivity contribution is 0.824. The van der Waals surface area contributed by atoms with Crippen LogP contribution in [-0.4, -0.2) is 6.21 Å². The first-order valence-corrected chi connectivity index (χ1v) is 10.3. The molecule has 0 radical (unpaired) electrons. The molecule has 0 bridgehead atoms. The summed E-state index contributed by atoms with van der Waals surface area (Å²) in [7, 11) is 0. The van der Waals surface area contributed by atoms with Crippen LogP contribution in [0.3, 0.4) is 0 Å². The highest BCUT2D eigenvalue weighted by Gasteiger charge is 2.10. The van der Waals surface area contributed by atoms with Gasteiger partial charge in [-0.2, -0.15) is 0 Å². The van der Waals surface area contributed by atoms with Gasteiger partial charge in [-0.3, -0.25) is 4.99 Å². The number of benzene rings is 3. The molecule has 3 aliphatic rings. The molecule has 3 aromatic carbocycles. The van der Waals surface area contributed by atoms with Gasteiger partial charge in [0.2, 0.25) is 0 Å². The summed E-state index contributed by atoms with van der Waals surface area (Å²) in [6.45, 7) is 0. The molecule has 0 fully saturated rings. The second kappa shape index (κ2) is 7.92. The number of nitrogens with zero attached hydrogens (tertiary/aromatic N) is 1. The van der Waals surface area contributed by atoms with Gasteiger partial charge in [0.05, 0.1) is 0 Å². The van der Waals surface area contributed by atoms with E-state index in [9.17, 15) is 0 Å². The molecule has 3 aromatic rings. The molecular formula is C27H24N2. The van der Waals surface area contributed by atoms with Crippen LogP contribution < -0.4 is 15.8 Å². The third kappa shape index (κ3) is 3.54. The minimum atomic E-state index is 1.10. The van der Waals surface area contributed by atoms with Gasteiger partial charge in [-0.1, -0.05) is 66.7 Å². The topological polar surface area (TPSA) is 24.4 Å². The summed E-state index contributed by atoms with van der Waals surface area (Å²) in [4.78, 5) is 4.04. The van der Waals surface area contributed by atoms with E-state index >= 15 is 0 Å². The smallest absolute Gasteiger partial charge is 0.0469 e. The number of anilines is 1. The lowest BCUT2D eigenvalue weighted by atomic mass is 9.89. The van der Waals surface area contributed by atoms with Crippen LogP contribution in [0.5, 0.6) is 0 Å². The minimum absolute atomic E-state index is 1.10. The Balaban J connectivity index is 0.000000142. The normalized spacial score (nSPS) is 14.9. The first-order chi connectivity index (χ1) is 14.4. The average Bonchev–Trinajstić information content (AvgIpc) is 3.05. The van der Waals surface area contributed by atoms with Crippen molar-refractivity contribution >= 4 is 24.1 Å². The summed E-state index contributed by atoms with van der Waals surface area (Å²) in [6, 6.07) is 21.4. The quantitative estimate of drug-likeness (QED) is 0.617. The minimum Gasteiger partial charge on any atom is -0.360 e. The van der Waals surface area contributed by atoms with E-state index in [1.807, 2.05) is 36.7 Å². The number of fused-ring (bicyclic) bond motifs is 5. The molecule has 0 saturated carbocycles. The first kappa shape index (κ1) is 17.7. The summed E-state index contributed by atoms with van der Waals surface area (Å²) >= 11 is 0. The summed E-state index contributed by atoms with van der Waals surface area (Å²) < 4.78 is 0. The fourth-order valence-electron chi connectivity index (χ4n) is 4.39. The molecular weight excluding hydrogens is 352 g/mol. The molecule has 2 nitrogen and oxygen atoms in total. The Morgan fingerprint density at radius 3 is 2.66 bits per heavy atom. The Labute approximate surface area is 171 Å². The van der Waals surface area contributed by atoms with Crippen LogP contribution in [0.1, 0.15) is 29.5 Å². The summed E-state index contributed by atoms with van der Waals surface area (Å²) in [5.41, 5.74) is 5.40. The second-order valence-corrected chi connectivity index (χ2v) is 7.58. The number of hydrogen-bond donors (Lipinski definition) is 1. The van der Waals surface area contributed by atoms with Crippen molar-refractivity contribution in [1.29, 1.82) is 0 Å². The van der Waals surface area contributed by atoms with E-state index < -0.39 is 0 Å². The van der Waals surface area contributed by atoms with Crippen molar-refractivity contribution in [3.05, 3.63) is 111 Å². The monoisotopic (exact) mass is 376 g/mol.